The topological polar surface area (TPSA) is 35.5 Å². The molecule has 0 aliphatic rings. The highest BCUT2D eigenvalue weighted by Crippen LogP contribution is 2.15. The van der Waals surface area contributed by atoms with Crippen LogP contribution >= 0.6 is 0 Å². The summed E-state index contributed by atoms with van der Waals surface area (Å²) in [5.74, 6) is 0.509. The first-order valence-electron chi connectivity index (χ1n) is 13.1. The number of rotatable bonds is 21. The molecule has 0 aliphatic carbocycles. The Morgan fingerprint density at radius 3 is 1.39 bits per heavy atom. The maximum atomic E-state index is 12.0. The molecule has 3 heteroatoms. The van der Waals surface area contributed by atoms with Gasteiger partial charge in [0.25, 0.3) is 0 Å². The number of ether oxygens (including phenoxy) is 2. The van der Waals surface area contributed by atoms with Crippen LogP contribution in [-0.4, -0.2) is 19.7 Å². The van der Waals surface area contributed by atoms with Gasteiger partial charge >= 0.3 is 5.97 Å². The molecular formula is C28H48O3. The van der Waals surface area contributed by atoms with Gasteiger partial charge in [0.1, 0.15) is 5.75 Å². The molecular weight excluding hydrogens is 384 g/mol. The van der Waals surface area contributed by atoms with E-state index < -0.39 is 0 Å². The average molecular weight is 433 g/mol. The SMILES string of the molecule is CCCCCCCCCCCCCCCCCCCCOC(=O)c1ccc(OC)cc1. The summed E-state index contributed by atoms with van der Waals surface area (Å²) < 4.78 is 10.5. The maximum absolute atomic E-state index is 12.0. The van der Waals surface area contributed by atoms with Gasteiger partial charge < -0.3 is 9.47 Å². The van der Waals surface area contributed by atoms with E-state index in [1.54, 1.807) is 31.4 Å². The van der Waals surface area contributed by atoms with Crippen LogP contribution in [0.2, 0.25) is 0 Å². The molecule has 0 atom stereocenters. The predicted molar refractivity (Wildman–Crippen MR) is 132 cm³/mol. The molecule has 0 fully saturated rings. The Hall–Kier alpha value is -1.51. The second kappa shape index (κ2) is 20.4. The fourth-order valence-corrected chi connectivity index (χ4v) is 3.98. The number of hydrogen-bond acceptors (Lipinski definition) is 3. The number of unbranched alkanes of at least 4 members (excludes halogenated alkanes) is 17. The summed E-state index contributed by atoms with van der Waals surface area (Å²) in [6.07, 6.45) is 24.5. The molecule has 0 bridgehead atoms. The number of methoxy groups -OCH3 is 1. The molecule has 1 rings (SSSR count). The fraction of sp³-hybridized carbons (Fsp3) is 0.750. The molecule has 0 spiro atoms. The molecule has 0 heterocycles. The summed E-state index contributed by atoms with van der Waals surface area (Å²) >= 11 is 0. The van der Waals surface area contributed by atoms with Crippen LogP contribution in [0, 0.1) is 0 Å². The minimum Gasteiger partial charge on any atom is -0.497 e. The lowest BCUT2D eigenvalue weighted by Crippen LogP contribution is -2.06. The highest BCUT2D eigenvalue weighted by atomic mass is 16.5. The van der Waals surface area contributed by atoms with E-state index in [0.717, 1.165) is 18.6 Å². The Bertz CT molecular complexity index is 524. The van der Waals surface area contributed by atoms with Crippen LogP contribution in [0.4, 0.5) is 0 Å². The van der Waals surface area contributed by atoms with Gasteiger partial charge in [0, 0.05) is 0 Å². The first-order chi connectivity index (χ1) is 15.3. The molecule has 0 aromatic heterocycles. The van der Waals surface area contributed by atoms with Gasteiger partial charge in [-0.1, -0.05) is 116 Å². The summed E-state index contributed by atoms with van der Waals surface area (Å²) in [4.78, 5) is 12.0. The third-order valence-corrected chi connectivity index (χ3v) is 6.06. The number of carbonyl (C=O) groups excluding carboxylic acids is 1. The van der Waals surface area contributed by atoms with Crippen molar-refractivity contribution in [2.45, 2.75) is 122 Å². The zero-order chi connectivity index (χ0) is 22.4. The number of hydrogen-bond donors (Lipinski definition) is 0. The lowest BCUT2D eigenvalue weighted by molar-refractivity contribution is 0.0497. The standard InChI is InChI=1S/C28H48O3/c1-3-4-5-6-7-8-9-10-11-12-13-14-15-16-17-18-19-20-25-31-28(29)26-21-23-27(30-2)24-22-26/h21-24H,3-20,25H2,1-2H3. The zero-order valence-corrected chi connectivity index (χ0v) is 20.5. The normalized spacial score (nSPS) is 10.9. The molecule has 0 unspecified atom stereocenters. The predicted octanol–water partition coefficient (Wildman–Crippen LogP) is 8.89. The van der Waals surface area contributed by atoms with Gasteiger partial charge in [-0.05, 0) is 30.7 Å². The van der Waals surface area contributed by atoms with Gasteiger partial charge in [0.05, 0.1) is 19.3 Å². The molecule has 1 aromatic rings. The van der Waals surface area contributed by atoms with Crippen molar-refractivity contribution in [3.05, 3.63) is 29.8 Å². The van der Waals surface area contributed by atoms with Crippen LogP contribution in [0.5, 0.6) is 5.75 Å². The quantitative estimate of drug-likeness (QED) is 0.144. The summed E-state index contributed by atoms with van der Waals surface area (Å²) in [5.41, 5.74) is 0.586. The largest absolute Gasteiger partial charge is 0.497 e. The first-order valence-corrected chi connectivity index (χ1v) is 13.1. The second-order valence-electron chi connectivity index (χ2n) is 8.87. The van der Waals surface area contributed by atoms with E-state index >= 15 is 0 Å². The van der Waals surface area contributed by atoms with Crippen LogP contribution < -0.4 is 4.74 Å². The Labute approximate surface area is 192 Å². The van der Waals surface area contributed by atoms with Crippen molar-refractivity contribution in [1.29, 1.82) is 0 Å². The van der Waals surface area contributed by atoms with Crippen molar-refractivity contribution >= 4 is 5.97 Å². The van der Waals surface area contributed by atoms with Crippen molar-refractivity contribution in [2.24, 2.45) is 0 Å². The van der Waals surface area contributed by atoms with E-state index in [9.17, 15) is 4.79 Å². The Morgan fingerprint density at radius 2 is 1.00 bits per heavy atom. The zero-order valence-electron chi connectivity index (χ0n) is 20.5. The second-order valence-corrected chi connectivity index (χ2v) is 8.87. The lowest BCUT2D eigenvalue weighted by Gasteiger charge is -2.06. The van der Waals surface area contributed by atoms with Crippen LogP contribution in [-0.2, 0) is 4.74 Å². The van der Waals surface area contributed by atoms with E-state index in [0.29, 0.717) is 12.2 Å². The fourth-order valence-electron chi connectivity index (χ4n) is 3.98. The molecule has 0 radical (unpaired) electrons. The molecule has 0 amide bonds. The van der Waals surface area contributed by atoms with Crippen LogP contribution in [0.25, 0.3) is 0 Å². The smallest absolute Gasteiger partial charge is 0.338 e. The van der Waals surface area contributed by atoms with E-state index in [1.807, 2.05) is 0 Å². The third-order valence-electron chi connectivity index (χ3n) is 6.06. The van der Waals surface area contributed by atoms with E-state index in [-0.39, 0.29) is 5.97 Å². The van der Waals surface area contributed by atoms with Gasteiger partial charge in [-0.15, -0.1) is 0 Å². The van der Waals surface area contributed by atoms with Gasteiger partial charge in [-0.3, -0.25) is 0 Å². The Morgan fingerprint density at radius 1 is 0.613 bits per heavy atom. The van der Waals surface area contributed by atoms with E-state index in [4.69, 9.17) is 9.47 Å². The van der Waals surface area contributed by atoms with E-state index in [1.165, 1.54) is 103 Å². The monoisotopic (exact) mass is 432 g/mol. The third kappa shape index (κ3) is 15.9. The van der Waals surface area contributed by atoms with Gasteiger partial charge in [0.2, 0.25) is 0 Å². The maximum Gasteiger partial charge on any atom is 0.338 e. The molecule has 0 saturated heterocycles. The number of carbonyl (C=O) groups is 1. The number of esters is 1. The van der Waals surface area contributed by atoms with Crippen molar-refractivity contribution in [3.63, 3.8) is 0 Å². The highest BCUT2D eigenvalue weighted by Gasteiger charge is 2.06. The molecule has 1 aromatic carbocycles. The van der Waals surface area contributed by atoms with Crippen LogP contribution in [0.15, 0.2) is 24.3 Å². The summed E-state index contributed by atoms with van der Waals surface area (Å²) in [7, 11) is 1.62. The van der Waals surface area contributed by atoms with Crippen LogP contribution in [0.3, 0.4) is 0 Å². The minimum absolute atomic E-state index is 0.241. The molecule has 0 saturated carbocycles. The summed E-state index contributed by atoms with van der Waals surface area (Å²) in [6, 6.07) is 7.06. The van der Waals surface area contributed by atoms with Gasteiger partial charge in [-0.2, -0.15) is 0 Å². The molecule has 178 valence electrons. The number of benzene rings is 1. The van der Waals surface area contributed by atoms with Gasteiger partial charge in [-0.25, -0.2) is 4.79 Å². The lowest BCUT2D eigenvalue weighted by atomic mass is 10.0. The van der Waals surface area contributed by atoms with Crippen molar-refractivity contribution in [1.82, 2.24) is 0 Å². The van der Waals surface area contributed by atoms with E-state index in [2.05, 4.69) is 6.92 Å². The molecule has 3 nitrogen and oxygen atoms in total. The van der Waals surface area contributed by atoms with Crippen LogP contribution in [0.1, 0.15) is 133 Å². The van der Waals surface area contributed by atoms with Crippen molar-refractivity contribution < 1.29 is 14.3 Å². The molecule has 0 N–H and O–H groups in total. The molecule has 0 aliphatic heterocycles. The highest BCUT2D eigenvalue weighted by molar-refractivity contribution is 5.89. The minimum atomic E-state index is -0.241. The Balaban J connectivity index is 1.78. The Kier molecular flexibility index (Phi) is 18.1. The van der Waals surface area contributed by atoms with Crippen molar-refractivity contribution in [3.8, 4) is 5.75 Å². The molecule has 31 heavy (non-hydrogen) atoms. The first kappa shape index (κ1) is 27.5. The van der Waals surface area contributed by atoms with Gasteiger partial charge in [0.15, 0.2) is 0 Å². The average Bonchev–Trinajstić information content (AvgIpc) is 2.80. The summed E-state index contributed by atoms with van der Waals surface area (Å²) in [6.45, 7) is 2.80. The summed E-state index contributed by atoms with van der Waals surface area (Å²) in [5, 5.41) is 0. The van der Waals surface area contributed by atoms with Crippen molar-refractivity contribution in [2.75, 3.05) is 13.7 Å².